The Kier molecular flexibility index (Phi) is 11.5. The van der Waals surface area contributed by atoms with Crippen molar-refractivity contribution in [1.82, 2.24) is 15.1 Å². The minimum absolute atomic E-state index is 0.156. The zero-order valence-electron chi connectivity index (χ0n) is 32.2. The van der Waals surface area contributed by atoms with E-state index in [1.54, 1.807) is 11.0 Å². The fourth-order valence-corrected chi connectivity index (χ4v) is 9.14. The lowest BCUT2D eigenvalue weighted by Gasteiger charge is -2.47. The summed E-state index contributed by atoms with van der Waals surface area (Å²) in [5.41, 5.74) is 6.69. The van der Waals surface area contributed by atoms with Gasteiger partial charge >= 0.3 is 0 Å². The molecule has 0 spiro atoms. The summed E-state index contributed by atoms with van der Waals surface area (Å²) < 4.78 is 6.21. The molecule has 56 heavy (non-hydrogen) atoms. The number of nitrogens with zero attached hydrogens (tertiary/aromatic N) is 4. The molecule has 2 N–H and O–H groups in total. The second-order valence-electron chi connectivity index (χ2n) is 15.9. The number of benzene rings is 4. The topological polar surface area (TPSA) is 106 Å². The number of anilines is 2. The molecule has 0 bridgehead atoms. The van der Waals surface area contributed by atoms with Gasteiger partial charge in [-0.2, -0.15) is 0 Å². The van der Waals surface area contributed by atoms with Gasteiger partial charge in [0.2, 0.25) is 11.8 Å². The molecule has 10 nitrogen and oxygen atoms in total. The maximum absolute atomic E-state index is 13.2. The van der Waals surface area contributed by atoms with E-state index >= 15 is 0 Å². The number of amides is 3. The van der Waals surface area contributed by atoms with Crippen LogP contribution in [0.5, 0.6) is 11.5 Å². The number of phenolic OH excluding ortho intramolecular Hbond substituents is 1. The van der Waals surface area contributed by atoms with Crippen LogP contribution < -0.4 is 19.9 Å². The highest BCUT2D eigenvalue weighted by atomic mass is 16.5. The van der Waals surface area contributed by atoms with E-state index in [1.807, 2.05) is 54.6 Å². The summed E-state index contributed by atoms with van der Waals surface area (Å²) in [4.78, 5) is 46.4. The van der Waals surface area contributed by atoms with Gasteiger partial charge in [-0.05, 0) is 104 Å². The second kappa shape index (κ2) is 17.2. The molecule has 6 aliphatic rings. The number of hydrogen-bond donors (Lipinski definition) is 2. The summed E-state index contributed by atoms with van der Waals surface area (Å²) in [5, 5.41) is 11.6. The molecule has 0 radical (unpaired) electrons. The molecule has 0 aromatic heterocycles. The van der Waals surface area contributed by atoms with Gasteiger partial charge in [-0.3, -0.25) is 24.6 Å². The lowest BCUT2D eigenvalue weighted by molar-refractivity contribution is -0.136. The highest BCUT2D eigenvalue weighted by molar-refractivity contribution is 6.06. The Morgan fingerprint density at radius 1 is 0.714 bits per heavy atom. The van der Waals surface area contributed by atoms with Crippen molar-refractivity contribution >= 4 is 29.1 Å². The van der Waals surface area contributed by atoms with E-state index in [4.69, 9.17) is 4.74 Å². The van der Waals surface area contributed by atoms with Crippen molar-refractivity contribution in [3.8, 4) is 11.5 Å². The molecule has 10 heteroatoms. The highest BCUT2D eigenvalue weighted by Crippen LogP contribution is 2.41. The van der Waals surface area contributed by atoms with Crippen molar-refractivity contribution in [3.05, 3.63) is 119 Å². The van der Waals surface area contributed by atoms with Crippen LogP contribution in [0.25, 0.3) is 0 Å². The van der Waals surface area contributed by atoms with E-state index < -0.39 is 6.04 Å². The zero-order valence-corrected chi connectivity index (χ0v) is 32.2. The molecule has 292 valence electrons. The van der Waals surface area contributed by atoms with Gasteiger partial charge in [-0.25, -0.2) is 0 Å². The predicted octanol–water partition coefficient (Wildman–Crippen LogP) is 6.20. The summed E-state index contributed by atoms with van der Waals surface area (Å²) in [6, 6.07) is 32.1. The van der Waals surface area contributed by atoms with Gasteiger partial charge in [0.15, 0.2) is 0 Å². The number of hydrogen-bond acceptors (Lipinski definition) is 8. The number of para-hydroxylation sites is 1. The van der Waals surface area contributed by atoms with Crippen LogP contribution in [-0.2, 0) is 29.0 Å². The quantitative estimate of drug-likeness (QED) is 0.237. The van der Waals surface area contributed by atoms with E-state index in [0.717, 1.165) is 68.6 Å². The number of aryl methyl sites for hydroxylation is 2. The monoisotopic (exact) mass is 755 g/mol. The van der Waals surface area contributed by atoms with Crippen LogP contribution in [-0.4, -0.2) is 90.6 Å². The molecular weight excluding hydrogens is 703 g/mol. The molecule has 2 unspecified atom stereocenters. The number of carbonyl (C=O) groups is 3. The van der Waals surface area contributed by atoms with Crippen LogP contribution in [0.4, 0.5) is 11.4 Å². The summed E-state index contributed by atoms with van der Waals surface area (Å²) in [6.45, 7) is 7.32. The Labute approximate surface area is 330 Å². The molecule has 1 aliphatic carbocycles. The summed E-state index contributed by atoms with van der Waals surface area (Å²) in [5.74, 6) is 1.08. The second-order valence-corrected chi connectivity index (χ2v) is 15.9. The van der Waals surface area contributed by atoms with E-state index in [-0.39, 0.29) is 30.2 Å². The molecule has 3 amide bonds. The van der Waals surface area contributed by atoms with Crippen molar-refractivity contribution in [2.24, 2.45) is 5.92 Å². The lowest BCUT2D eigenvalue weighted by Crippen LogP contribution is -2.58. The van der Waals surface area contributed by atoms with Crippen LogP contribution in [0.1, 0.15) is 65.6 Å². The minimum atomic E-state index is -0.601. The maximum Gasteiger partial charge on any atom is 0.255 e. The average Bonchev–Trinajstić information content (AvgIpc) is 3.55. The molecule has 4 aromatic carbocycles. The fourth-order valence-electron chi connectivity index (χ4n) is 9.14. The third kappa shape index (κ3) is 8.55. The summed E-state index contributed by atoms with van der Waals surface area (Å²) in [7, 11) is 0. The van der Waals surface area contributed by atoms with Crippen molar-refractivity contribution < 1.29 is 24.2 Å². The third-order valence-electron chi connectivity index (χ3n) is 12.2. The SMILES string of the molecule is O=C1CCC(N2Cc3cc4c(cc3C2=O)OCC2CN(CC3CCN(c5ccccc5)CC3)CCN42)C(=O)N1.Oc1ccc2c(c1)CCCC2.c1ccccc1. The van der Waals surface area contributed by atoms with Crippen LogP contribution in [0.2, 0.25) is 0 Å². The molecule has 3 fully saturated rings. The Hall–Kier alpha value is -5.35. The molecule has 2 atom stereocenters. The van der Waals surface area contributed by atoms with Crippen LogP contribution in [0, 0.1) is 5.92 Å². The average molecular weight is 756 g/mol. The number of nitrogens with one attached hydrogen (secondary N) is 1. The number of fused-ring (bicyclic) bond motifs is 5. The highest BCUT2D eigenvalue weighted by Gasteiger charge is 2.41. The first-order valence-corrected chi connectivity index (χ1v) is 20.4. The Bertz CT molecular complexity index is 1970. The number of phenols is 1. The molecular formula is C46H53N5O5. The molecule has 0 saturated carbocycles. The van der Waals surface area contributed by atoms with Crippen LogP contribution in [0.3, 0.4) is 0 Å². The number of ether oxygens (including phenoxy) is 1. The van der Waals surface area contributed by atoms with E-state index in [9.17, 15) is 19.5 Å². The summed E-state index contributed by atoms with van der Waals surface area (Å²) in [6.07, 6.45) is 7.99. The van der Waals surface area contributed by atoms with Crippen LogP contribution in [0.15, 0.2) is 97.1 Å². The van der Waals surface area contributed by atoms with Crippen molar-refractivity contribution in [1.29, 1.82) is 0 Å². The van der Waals surface area contributed by atoms with E-state index in [1.165, 1.54) is 48.9 Å². The largest absolute Gasteiger partial charge is 0.508 e. The van der Waals surface area contributed by atoms with Gasteiger partial charge < -0.3 is 24.5 Å². The van der Waals surface area contributed by atoms with Gasteiger partial charge in [0.1, 0.15) is 24.1 Å². The Balaban J connectivity index is 0.000000212. The fraction of sp³-hybridized carbons (Fsp3) is 0.413. The smallest absolute Gasteiger partial charge is 0.255 e. The summed E-state index contributed by atoms with van der Waals surface area (Å²) >= 11 is 0. The number of aromatic hydroxyl groups is 1. The zero-order chi connectivity index (χ0) is 38.4. The third-order valence-corrected chi connectivity index (χ3v) is 12.2. The molecule has 4 aromatic rings. The van der Waals surface area contributed by atoms with Gasteiger partial charge in [-0.15, -0.1) is 0 Å². The lowest BCUT2D eigenvalue weighted by atomic mass is 9.92. The van der Waals surface area contributed by atoms with Gasteiger partial charge in [0, 0.05) is 63.5 Å². The molecule has 10 rings (SSSR count). The Morgan fingerprint density at radius 3 is 2.16 bits per heavy atom. The molecule has 5 aliphatic heterocycles. The normalized spacial score (nSPS) is 21.9. The number of rotatable bonds is 4. The Morgan fingerprint density at radius 2 is 1.43 bits per heavy atom. The van der Waals surface area contributed by atoms with Gasteiger partial charge in [0.25, 0.3) is 5.91 Å². The van der Waals surface area contributed by atoms with Gasteiger partial charge in [0.05, 0.1) is 11.7 Å². The van der Waals surface area contributed by atoms with E-state index in [2.05, 4.69) is 56.4 Å². The number of piperidine rings is 2. The van der Waals surface area contributed by atoms with E-state index in [0.29, 0.717) is 30.9 Å². The number of piperazine rings is 1. The predicted molar refractivity (Wildman–Crippen MR) is 218 cm³/mol. The first-order valence-electron chi connectivity index (χ1n) is 20.4. The minimum Gasteiger partial charge on any atom is -0.508 e. The first kappa shape index (κ1) is 37.6. The van der Waals surface area contributed by atoms with Crippen molar-refractivity contribution in [2.75, 3.05) is 55.7 Å². The number of imide groups is 1. The first-order chi connectivity index (χ1) is 27.4. The van der Waals surface area contributed by atoms with Gasteiger partial charge in [-0.1, -0.05) is 60.7 Å². The van der Waals surface area contributed by atoms with Crippen molar-refractivity contribution in [2.45, 2.75) is 70.0 Å². The maximum atomic E-state index is 13.2. The number of carbonyl (C=O) groups excluding carboxylic acids is 3. The molecule has 5 heterocycles. The van der Waals surface area contributed by atoms with Crippen molar-refractivity contribution in [3.63, 3.8) is 0 Å². The molecule has 3 saturated heterocycles. The standard InChI is InChI=1S/C30H35N5O4.C10H12O.C6H6/c36-28-7-6-25(29(37)31-28)35-17-21-14-26-27(15-24(21)30(35)38)39-19-23-18-32(12-13-34(23)26)16-20-8-10-33(11-9-20)22-4-2-1-3-5-22;11-10-6-5-8-3-1-2-4-9(8)7-10;1-2-4-6-5-3-1/h1-5,14-15,20,23,25H,6-13,16-19H2,(H,31,36,37);5-7,11H,1-4H2;1-6H. The van der Waals surface area contributed by atoms with Crippen LogP contribution >= 0.6 is 0 Å².